The number of rotatable bonds is 4. The summed E-state index contributed by atoms with van der Waals surface area (Å²) in [5, 5.41) is 3.15. The molecule has 19 heavy (non-hydrogen) atoms. The number of nitrogens with one attached hydrogen (secondary N) is 1. The van der Waals surface area contributed by atoms with E-state index in [2.05, 4.69) is 26.2 Å². The number of hydrogen-bond donors (Lipinski definition) is 1. The van der Waals surface area contributed by atoms with E-state index >= 15 is 0 Å². The summed E-state index contributed by atoms with van der Waals surface area (Å²) >= 11 is 5.29. The van der Waals surface area contributed by atoms with E-state index in [1.54, 1.807) is 6.20 Å². The Bertz CT molecular complexity index is 463. The molecule has 1 aliphatic rings. The predicted molar refractivity (Wildman–Crippen MR) is 83.9 cm³/mol. The van der Waals surface area contributed by atoms with Crippen LogP contribution in [0.1, 0.15) is 23.7 Å². The van der Waals surface area contributed by atoms with Crippen LogP contribution in [-0.2, 0) is 0 Å². The fraction of sp³-hybridized carbons (Fsp3) is 0.538. The molecular formula is C13H18BrN3OS. The number of hydrogen-bond acceptors (Lipinski definition) is 4. The first-order valence-electron chi connectivity index (χ1n) is 6.37. The van der Waals surface area contributed by atoms with Gasteiger partial charge in [0.05, 0.1) is 5.56 Å². The maximum Gasteiger partial charge on any atom is 0.257 e. The summed E-state index contributed by atoms with van der Waals surface area (Å²) in [7, 11) is 1.88. The first kappa shape index (κ1) is 14.7. The van der Waals surface area contributed by atoms with Gasteiger partial charge >= 0.3 is 0 Å². The number of amides is 1. The molecule has 0 aliphatic carbocycles. The van der Waals surface area contributed by atoms with Crippen LogP contribution >= 0.6 is 27.7 Å². The number of anilines is 1. The number of nitrogens with zero attached hydrogens (tertiary/aromatic N) is 2. The number of thioether (sulfide) groups is 1. The van der Waals surface area contributed by atoms with Crippen LogP contribution in [0.5, 0.6) is 0 Å². The highest BCUT2D eigenvalue weighted by Gasteiger charge is 2.26. The lowest BCUT2D eigenvalue weighted by molar-refractivity contribution is 0.0748. The van der Waals surface area contributed by atoms with Crippen molar-refractivity contribution in [1.29, 1.82) is 0 Å². The maximum atomic E-state index is 12.6. The minimum absolute atomic E-state index is 0.0391. The van der Waals surface area contributed by atoms with Crippen molar-refractivity contribution in [3.63, 3.8) is 0 Å². The highest BCUT2D eigenvalue weighted by Crippen LogP contribution is 2.25. The van der Waals surface area contributed by atoms with E-state index in [4.69, 9.17) is 0 Å². The number of carbonyl (C=O) groups excluding carboxylic acids is 1. The van der Waals surface area contributed by atoms with Crippen molar-refractivity contribution < 1.29 is 4.79 Å². The molecule has 1 aromatic heterocycles. The van der Waals surface area contributed by atoms with Gasteiger partial charge in [-0.15, -0.1) is 0 Å². The zero-order valence-corrected chi connectivity index (χ0v) is 13.6. The molecule has 1 saturated heterocycles. The Labute approximate surface area is 126 Å². The van der Waals surface area contributed by atoms with Crippen molar-refractivity contribution in [2.45, 2.75) is 19.4 Å². The van der Waals surface area contributed by atoms with Gasteiger partial charge in [0.2, 0.25) is 0 Å². The monoisotopic (exact) mass is 343 g/mol. The van der Waals surface area contributed by atoms with Crippen molar-refractivity contribution in [2.24, 2.45) is 0 Å². The second-order valence-corrected chi connectivity index (χ2v) is 6.58. The highest BCUT2D eigenvalue weighted by atomic mass is 79.9. The number of aromatic nitrogens is 1. The zero-order chi connectivity index (χ0) is 13.8. The Hall–Kier alpha value is -0.750. The SMILES string of the molecule is CCNc1ncc(Br)cc1C(=O)N(C)C1CCSC1. The second kappa shape index (κ2) is 6.61. The van der Waals surface area contributed by atoms with Gasteiger partial charge in [0, 0.05) is 36.1 Å². The third kappa shape index (κ3) is 3.42. The van der Waals surface area contributed by atoms with Crippen molar-refractivity contribution in [3.8, 4) is 0 Å². The quantitative estimate of drug-likeness (QED) is 0.912. The highest BCUT2D eigenvalue weighted by molar-refractivity contribution is 9.10. The van der Waals surface area contributed by atoms with Crippen LogP contribution in [0.15, 0.2) is 16.7 Å². The van der Waals surface area contributed by atoms with E-state index in [0.717, 1.165) is 28.9 Å². The molecular weight excluding hydrogens is 326 g/mol. The molecule has 6 heteroatoms. The molecule has 0 radical (unpaired) electrons. The Morgan fingerprint density at radius 1 is 1.68 bits per heavy atom. The predicted octanol–water partition coefficient (Wildman–Crippen LogP) is 2.85. The summed E-state index contributed by atoms with van der Waals surface area (Å²) in [5.41, 5.74) is 0.635. The molecule has 0 bridgehead atoms. The van der Waals surface area contributed by atoms with Gasteiger partial charge < -0.3 is 10.2 Å². The summed E-state index contributed by atoms with van der Waals surface area (Å²) in [6, 6.07) is 2.18. The van der Waals surface area contributed by atoms with E-state index < -0.39 is 0 Å². The second-order valence-electron chi connectivity index (χ2n) is 4.51. The fourth-order valence-corrected chi connectivity index (χ4v) is 3.69. The number of carbonyl (C=O) groups is 1. The van der Waals surface area contributed by atoms with Crippen LogP contribution in [0.4, 0.5) is 5.82 Å². The lowest BCUT2D eigenvalue weighted by atomic mass is 10.1. The van der Waals surface area contributed by atoms with Crippen molar-refractivity contribution in [3.05, 3.63) is 22.3 Å². The Balaban J connectivity index is 2.23. The topological polar surface area (TPSA) is 45.2 Å². The Morgan fingerprint density at radius 3 is 3.11 bits per heavy atom. The van der Waals surface area contributed by atoms with Crippen molar-refractivity contribution >= 4 is 39.4 Å². The standard InChI is InChI=1S/C13H18BrN3OS/c1-3-15-12-11(6-9(14)7-16-12)13(18)17(2)10-4-5-19-8-10/h6-7,10H,3-5,8H2,1-2H3,(H,15,16). The minimum Gasteiger partial charge on any atom is -0.370 e. The van der Waals surface area contributed by atoms with Crippen LogP contribution in [0.3, 0.4) is 0 Å². The van der Waals surface area contributed by atoms with Gasteiger partial charge in [0.25, 0.3) is 5.91 Å². The lowest BCUT2D eigenvalue weighted by Crippen LogP contribution is -2.37. The van der Waals surface area contributed by atoms with Crippen molar-refractivity contribution in [1.82, 2.24) is 9.88 Å². The van der Waals surface area contributed by atoms with Gasteiger partial charge in [-0.3, -0.25) is 4.79 Å². The molecule has 1 aromatic rings. The van der Waals surface area contributed by atoms with Gasteiger partial charge in [-0.05, 0) is 41.1 Å². The van der Waals surface area contributed by atoms with Crippen LogP contribution < -0.4 is 5.32 Å². The fourth-order valence-electron chi connectivity index (χ4n) is 2.09. The third-order valence-electron chi connectivity index (χ3n) is 3.20. The minimum atomic E-state index is 0.0391. The molecule has 0 aromatic carbocycles. The molecule has 1 aliphatic heterocycles. The molecule has 4 nitrogen and oxygen atoms in total. The number of halogens is 1. The molecule has 1 N–H and O–H groups in total. The molecule has 1 fully saturated rings. The van der Waals surface area contributed by atoms with Gasteiger partial charge in [0.1, 0.15) is 5.82 Å². The van der Waals surface area contributed by atoms with E-state index in [1.807, 2.05) is 36.7 Å². The summed E-state index contributed by atoms with van der Waals surface area (Å²) < 4.78 is 0.826. The van der Waals surface area contributed by atoms with Gasteiger partial charge in [-0.1, -0.05) is 0 Å². The average Bonchev–Trinajstić information content (AvgIpc) is 2.93. The number of pyridine rings is 1. The lowest BCUT2D eigenvalue weighted by Gasteiger charge is -2.24. The summed E-state index contributed by atoms with van der Waals surface area (Å²) in [6.07, 6.45) is 2.78. The Morgan fingerprint density at radius 2 is 2.47 bits per heavy atom. The van der Waals surface area contributed by atoms with E-state index in [0.29, 0.717) is 17.4 Å². The molecule has 2 heterocycles. The first-order chi connectivity index (χ1) is 9.13. The molecule has 1 atom stereocenters. The molecule has 2 rings (SSSR count). The Kier molecular flexibility index (Phi) is 5.10. The van der Waals surface area contributed by atoms with Crippen LogP contribution in [0, 0.1) is 0 Å². The first-order valence-corrected chi connectivity index (χ1v) is 8.32. The third-order valence-corrected chi connectivity index (χ3v) is 4.78. The zero-order valence-electron chi connectivity index (χ0n) is 11.1. The van der Waals surface area contributed by atoms with Gasteiger partial charge in [-0.2, -0.15) is 11.8 Å². The average molecular weight is 344 g/mol. The summed E-state index contributed by atoms with van der Waals surface area (Å²) in [5.74, 6) is 2.87. The largest absolute Gasteiger partial charge is 0.370 e. The van der Waals surface area contributed by atoms with Crippen LogP contribution in [0.25, 0.3) is 0 Å². The molecule has 1 amide bonds. The van der Waals surface area contributed by atoms with E-state index in [1.165, 1.54) is 0 Å². The molecule has 0 saturated carbocycles. The van der Waals surface area contributed by atoms with Crippen molar-refractivity contribution in [2.75, 3.05) is 30.4 Å². The van der Waals surface area contributed by atoms with Gasteiger partial charge in [-0.25, -0.2) is 4.98 Å². The normalized spacial score (nSPS) is 18.4. The maximum absolute atomic E-state index is 12.6. The molecule has 1 unspecified atom stereocenters. The molecule has 0 spiro atoms. The van der Waals surface area contributed by atoms with E-state index in [9.17, 15) is 4.79 Å². The van der Waals surface area contributed by atoms with Gasteiger partial charge in [0.15, 0.2) is 0 Å². The van der Waals surface area contributed by atoms with E-state index in [-0.39, 0.29) is 5.91 Å². The smallest absolute Gasteiger partial charge is 0.257 e. The molecule has 104 valence electrons. The summed E-state index contributed by atoms with van der Waals surface area (Å²) in [6.45, 7) is 2.74. The van der Waals surface area contributed by atoms with Crippen LogP contribution in [-0.4, -0.2) is 46.9 Å². The van der Waals surface area contributed by atoms with Crippen LogP contribution in [0.2, 0.25) is 0 Å². The summed E-state index contributed by atoms with van der Waals surface area (Å²) in [4.78, 5) is 18.7.